The molecule has 0 radical (unpaired) electrons. The first-order chi connectivity index (χ1) is 9.83. The van der Waals surface area contributed by atoms with Gasteiger partial charge in [-0.05, 0) is 46.6 Å². The zero-order valence-electron chi connectivity index (χ0n) is 11.4. The van der Waals surface area contributed by atoms with E-state index in [1.807, 2.05) is 6.92 Å². The summed E-state index contributed by atoms with van der Waals surface area (Å²) in [5.41, 5.74) is 7.07. The van der Waals surface area contributed by atoms with Crippen molar-refractivity contribution in [2.24, 2.45) is 0 Å². The molecule has 112 valence electrons. The molecule has 0 aliphatic heterocycles. The van der Waals surface area contributed by atoms with Gasteiger partial charge in [-0.3, -0.25) is 4.72 Å². The lowest BCUT2D eigenvalue weighted by Crippen LogP contribution is -2.15. The van der Waals surface area contributed by atoms with Crippen LogP contribution >= 0.6 is 15.9 Å². The quantitative estimate of drug-likeness (QED) is 0.635. The number of benzene rings is 1. The molecule has 0 saturated carbocycles. The average Bonchev–Trinajstić information content (AvgIpc) is 2.42. The minimum atomic E-state index is -3.78. The number of aromatic nitrogens is 1. The van der Waals surface area contributed by atoms with Gasteiger partial charge in [0.25, 0.3) is 10.0 Å². The van der Waals surface area contributed by atoms with E-state index in [0.29, 0.717) is 16.0 Å². The fourth-order valence-corrected chi connectivity index (χ4v) is 3.09. The van der Waals surface area contributed by atoms with Gasteiger partial charge in [0.2, 0.25) is 0 Å². The Morgan fingerprint density at radius 2 is 2.05 bits per heavy atom. The van der Waals surface area contributed by atoms with E-state index in [2.05, 4.69) is 25.6 Å². The van der Waals surface area contributed by atoms with Crippen LogP contribution in [0.2, 0.25) is 0 Å². The molecule has 0 unspecified atom stereocenters. The molecule has 0 amide bonds. The van der Waals surface area contributed by atoms with Gasteiger partial charge in [0.15, 0.2) is 0 Å². The van der Waals surface area contributed by atoms with Crippen molar-refractivity contribution >= 4 is 37.3 Å². The van der Waals surface area contributed by atoms with Gasteiger partial charge in [-0.15, -0.1) is 0 Å². The fourth-order valence-electron chi connectivity index (χ4n) is 1.72. The van der Waals surface area contributed by atoms with Gasteiger partial charge < -0.3 is 10.5 Å². The van der Waals surface area contributed by atoms with Gasteiger partial charge in [-0.1, -0.05) is 0 Å². The molecular formula is C13H14BrN3O3S. The lowest BCUT2D eigenvalue weighted by Gasteiger charge is -2.11. The molecule has 2 rings (SSSR count). The maximum atomic E-state index is 12.3. The molecule has 2 aromatic rings. The summed E-state index contributed by atoms with van der Waals surface area (Å²) in [4.78, 5) is 4.03. The van der Waals surface area contributed by atoms with Crippen LogP contribution in [0, 0.1) is 6.92 Å². The first-order valence-electron chi connectivity index (χ1n) is 5.92. The van der Waals surface area contributed by atoms with Crippen LogP contribution in [0.15, 0.2) is 40.0 Å². The maximum Gasteiger partial charge on any atom is 0.263 e. The van der Waals surface area contributed by atoms with Crippen molar-refractivity contribution in [3.63, 3.8) is 0 Å². The number of sulfonamides is 1. The fraction of sp³-hybridized carbons (Fsp3) is 0.154. The van der Waals surface area contributed by atoms with Crippen molar-refractivity contribution in [2.45, 2.75) is 11.8 Å². The number of nitrogens with zero attached hydrogens (tertiary/aromatic N) is 1. The van der Waals surface area contributed by atoms with Crippen LogP contribution < -0.4 is 15.2 Å². The Morgan fingerprint density at radius 1 is 1.33 bits per heavy atom. The van der Waals surface area contributed by atoms with Crippen molar-refractivity contribution in [3.05, 3.63) is 40.6 Å². The SMILES string of the molecule is COc1ccc(S(=O)(=O)Nc2cnc(Br)c(C)c2)c(N)c1. The predicted molar refractivity (Wildman–Crippen MR) is 84.9 cm³/mol. The lowest BCUT2D eigenvalue weighted by molar-refractivity contribution is 0.414. The molecule has 0 saturated heterocycles. The molecule has 0 aliphatic carbocycles. The van der Waals surface area contributed by atoms with Crippen molar-refractivity contribution in [2.75, 3.05) is 17.6 Å². The molecule has 8 heteroatoms. The Kier molecular flexibility index (Phi) is 4.38. The molecule has 1 aromatic heterocycles. The van der Waals surface area contributed by atoms with Crippen molar-refractivity contribution in [3.8, 4) is 5.75 Å². The first-order valence-corrected chi connectivity index (χ1v) is 8.19. The first kappa shape index (κ1) is 15.6. The summed E-state index contributed by atoms with van der Waals surface area (Å²) in [7, 11) is -2.30. The van der Waals surface area contributed by atoms with E-state index < -0.39 is 10.0 Å². The minimum Gasteiger partial charge on any atom is -0.497 e. The molecule has 0 spiro atoms. The van der Waals surface area contributed by atoms with Crippen LogP contribution in [-0.4, -0.2) is 20.5 Å². The smallest absolute Gasteiger partial charge is 0.263 e. The number of methoxy groups -OCH3 is 1. The van der Waals surface area contributed by atoms with Crippen LogP contribution in [0.4, 0.5) is 11.4 Å². The van der Waals surface area contributed by atoms with Crippen LogP contribution in [0.3, 0.4) is 0 Å². The second-order valence-corrected chi connectivity index (χ2v) is 6.74. The zero-order chi connectivity index (χ0) is 15.6. The number of anilines is 2. The number of pyridine rings is 1. The van der Waals surface area contributed by atoms with Crippen molar-refractivity contribution < 1.29 is 13.2 Å². The van der Waals surface area contributed by atoms with E-state index >= 15 is 0 Å². The van der Waals surface area contributed by atoms with E-state index in [0.717, 1.165) is 5.56 Å². The molecule has 21 heavy (non-hydrogen) atoms. The van der Waals surface area contributed by atoms with Crippen LogP contribution in [-0.2, 0) is 10.0 Å². The van der Waals surface area contributed by atoms with E-state index in [4.69, 9.17) is 10.5 Å². The summed E-state index contributed by atoms with van der Waals surface area (Å²) in [6.45, 7) is 1.82. The number of halogens is 1. The predicted octanol–water partition coefficient (Wildman–Crippen LogP) is 2.54. The van der Waals surface area contributed by atoms with Crippen molar-refractivity contribution in [1.29, 1.82) is 0 Å². The van der Waals surface area contributed by atoms with Gasteiger partial charge in [0, 0.05) is 6.07 Å². The van der Waals surface area contributed by atoms with Gasteiger partial charge in [0.1, 0.15) is 15.2 Å². The number of nitrogens with one attached hydrogen (secondary N) is 1. The summed E-state index contributed by atoms with van der Waals surface area (Å²) in [6, 6.07) is 6.07. The molecule has 1 heterocycles. The highest BCUT2D eigenvalue weighted by molar-refractivity contribution is 9.10. The van der Waals surface area contributed by atoms with Gasteiger partial charge in [-0.25, -0.2) is 13.4 Å². The highest BCUT2D eigenvalue weighted by atomic mass is 79.9. The van der Waals surface area contributed by atoms with Gasteiger partial charge in [-0.2, -0.15) is 0 Å². The van der Waals surface area contributed by atoms with Crippen LogP contribution in [0.1, 0.15) is 5.56 Å². The topological polar surface area (TPSA) is 94.3 Å². The lowest BCUT2D eigenvalue weighted by atomic mass is 10.3. The molecule has 3 N–H and O–H groups in total. The average molecular weight is 372 g/mol. The Labute approximate surface area is 131 Å². The highest BCUT2D eigenvalue weighted by Crippen LogP contribution is 2.26. The number of rotatable bonds is 4. The summed E-state index contributed by atoms with van der Waals surface area (Å²) >= 11 is 3.26. The van der Waals surface area contributed by atoms with Gasteiger partial charge >= 0.3 is 0 Å². The molecular weight excluding hydrogens is 358 g/mol. The summed E-state index contributed by atoms with van der Waals surface area (Å²) < 4.78 is 32.8. The number of nitrogen functional groups attached to an aromatic ring is 1. The number of hydrogen-bond donors (Lipinski definition) is 2. The largest absolute Gasteiger partial charge is 0.497 e. The molecule has 0 fully saturated rings. The third kappa shape index (κ3) is 3.45. The number of ether oxygens (including phenoxy) is 1. The second kappa shape index (κ2) is 5.90. The summed E-state index contributed by atoms with van der Waals surface area (Å²) in [5, 5.41) is 0. The second-order valence-electron chi connectivity index (χ2n) is 4.34. The van der Waals surface area contributed by atoms with E-state index in [9.17, 15) is 8.42 Å². The number of nitrogens with two attached hydrogens (primary N) is 1. The monoisotopic (exact) mass is 371 g/mol. The number of aryl methyl sites for hydroxylation is 1. The molecule has 1 aromatic carbocycles. The third-order valence-electron chi connectivity index (χ3n) is 2.77. The normalized spacial score (nSPS) is 11.2. The van der Waals surface area contributed by atoms with E-state index in [1.165, 1.54) is 31.5 Å². The van der Waals surface area contributed by atoms with Crippen molar-refractivity contribution in [1.82, 2.24) is 4.98 Å². The molecule has 0 atom stereocenters. The molecule has 0 bridgehead atoms. The van der Waals surface area contributed by atoms with E-state index in [1.54, 1.807) is 6.07 Å². The molecule has 0 aliphatic rings. The third-order valence-corrected chi connectivity index (χ3v) is 5.06. The van der Waals surface area contributed by atoms with Crippen LogP contribution in [0.25, 0.3) is 0 Å². The Bertz CT molecular complexity index is 778. The Morgan fingerprint density at radius 3 is 2.62 bits per heavy atom. The molecule has 6 nitrogen and oxygen atoms in total. The zero-order valence-corrected chi connectivity index (χ0v) is 13.8. The maximum absolute atomic E-state index is 12.3. The number of hydrogen-bond acceptors (Lipinski definition) is 5. The standard InChI is InChI=1S/C13H14BrN3O3S/c1-8-5-9(7-16-13(8)14)17-21(18,19)12-4-3-10(20-2)6-11(12)15/h3-7,17H,15H2,1-2H3. The summed E-state index contributed by atoms with van der Waals surface area (Å²) in [6.07, 6.45) is 1.42. The highest BCUT2D eigenvalue weighted by Gasteiger charge is 2.18. The van der Waals surface area contributed by atoms with Crippen LogP contribution in [0.5, 0.6) is 5.75 Å². The summed E-state index contributed by atoms with van der Waals surface area (Å²) in [5.74, 6) is 0.493. The van der Waals surface area contributed by atoms with Gasteiger partial charge in [0.05, 0.1) is 24.7 Å². The Hall–Kier alpha value is -1.80. The Balaban J connectivity index is 2.36. The van der Waals surface area contributed by atoms with E-state index in [-0.39, 0.29) is 10.6 Å². The minimum absolute atomic E-state index is 0.0103.